The maximum absolute atomic E-state index is 4.58. The van der Waals surface area contributed by atoms with E-state index in [0.717, 1.165) is 52.4 Å². The number of hydrogen-bond donors (Lipinski definition) is 3. The first-order chi connectivity index (χ1) is 9.74. The van der Waals surface area contributed by atoms with Gasteiger partial charge in [0.2, 0.25) is 0 Å². The summed E-state index contributed by atoms with van der Waals surface area (Å²) in [4.78, 5) is 8.86. The van der Waals surface area contributed by atoms with E-state index in [1.165, 1.54) is 12.8 Å². The van der Waals surface area contributed by atoms with Crippen LogP contribution in [0.3, 0.4) is 0 Å². The summed E-state index contributed by atoms with van der Waals surface area (Å²) < 4.78 is 0. The molecule has 3 N–H and O–H groups in total. The molecule has 0 spiro atoms. The molecule has 5 nitrogen and oxygen atoms in total. The zero-order chi connectivity index (χ0) is 13.9. The summed E-state index contributed by atoms with van der Waals surface area (Å²) in [5.74, 6) is 0.729. The molecular formula is C13H18N5PS. The minimum atomic E-state index is 0.729. The standard InChI is InChI=1S/C13H18N5PS/c1-8-10-12(17-7-16-8)20-13(18-10)11(19)15-6-9-2-4-14-5-3-9/h7,9,14-15,19H,1-6H2,(H,16,17). The molecule has 0 bridgehead atoms. The van der Waals surface area contributed by atoms with Crippen LogP contribution >= 0.6 is 20.2 Å². The average Bonchev–Trinajstić information content (AvgIpc) is 2.91. The minimum Gasteiger partial charge on any atom is -0.345 e. The van der Waals surface area contributed by atoms with Crippen molar-refractivity contribution >= 4 is 42.7 Å². The van der Waals surface area contributed by atoms with Gasteiger partial charge in [-0.05, 0) is 31.8 Å². The Kier molecular flexibility index (Phi) is 4.27. The molecule has 2 aliphatic rings. The number of aromatic nitrogens is 1. The lowest BCUT2D eigenvalue weighted by molar-refractivity contribution is 0.373. The van der Waals surface area contributed by atoms with E-state index in [2.05, 4.69) is 41.4 Å². The lowest BCUT2D eigenvalue weighted by atomic mass is 9.98. The van der Waals surface area contributed by atoms with Crippen molar-refractivity contribution in [3.63, 3.8) is 0 Å². The number of nitrogens with zero attached hydrogens (tertiary/aromatic N) is 2. The predicted molar refractivity (Wildman–Crippen MR) is 88.5 cm³/mol. The Morgan fingerprint density at radius 3 is 3.05 bits per heavy atom. The summed E-state index contributed by atoms with van der Waals surface area (Å²) >= 11 is 1.56. The number of hydrogen-bond acceptors (Lipinski definition) is 5. The molecule has 3 heterocycles. The van der Waals surface area contributed by atoms with Gasteiger partial charge in [-0.1, -0.05) is 26.8 Å². The lowest BCUT2D eigenvalue weighted by Gasteiger charge is -2.22. The lowest BCUT2D eigenvalue weighted by Crippen LogP contribution is -2.35. The fourth-order valence-electron chi connectivity index (χ4n) is 2.35. The molecule has 0 saturated carbocycles. The Bertz CT molecular complexity index is 559. The van der Waals surface area contributed by atoms with Crippen molar-refractivity contribution < 1.29 is 0 Å². The van der Waals surface area contributed by atoms with Gasteiger partial charge in [-0.25, -0.2) is 9.98 Å². The first-order valence-electron chi connectivity index (χ1n) is 6.76. The van der Waals surface area contributed by atoms with E-state index in [-0.39, 0.29) is 0 Å². The molecule has 106 valence electrons. The van der Waals surface area contributed by atoms with Crippen molar-refractivity contribution in [2.75, 3.05) is 19.6 Å². The normalized spacial score (nSPS) is 18.7. The van der Waals surface area contributed by atoms with Gasteiger partial charge in [0.25, 0.3) is 0 Å². The third kappa shape index (κ3) is 2.99. The molecule has 7 heteroatoms. The maximum Gasteiger partial charge on any atom is 0.147 e. The van der Waals surface area contributed by atoms with E-state index in [4.69, 9.17) is 0 Å². The Morgan fingerprint density at radius 1 is 1.50 bits per heavy atom. The van der Waals surface area contributed by atoms with Crippen LogP contribution in [-0.2, 0) is 0 Å². The van der Waals surface area contributed by atoms with E-state index in [9.17, 15) is 0 Å². The third-order valence-corrected chi connectivity index (χ3v) is 5.13. The average molecular weight is 307 g/mol. The summed E-state index contributed by atoms with van der Waals surface area (Å²) in [6.45, 7) is 7.16. The van der Waals surface area contributed by atoms with Gasteiger partial charge >= 0.3 is 0 Å². The van der Waals surface area contributed by atoms with E-state index in [1.807, 2.05) is 0 Å². The largest absolute Gasteiger partial charge is 0.345 e. The molecule has 2 aliphatic heterocycles. The van der Waals surface area contributed by atoms with Crippen LogP contribution in [0.2, 0.25) is 0 Å². The fourth-order valence-corrected chi connectivity index (χ4v) is 3.52. The molecule has 0 amide bonds. The zero-order valence-electron chi connectivity index (χ0n) is 11.2. The third-order valence-electron chi connectivity index (χ3n) is 3.56. The zero-order valence-corrected chi connectivity index (χ0v) is 13.0. The fraction of sp³-hybridized carbons (Fsp3) is 0.462. The maximum atomic E-state index is 4.58. The van der Waals surface area contributed by atoms with Gasteiger partial charge in [-0.15, -0.1) is 0 Å². The van der Waals surface area contributed by atoms with Crippen molar-refractivity contribution in [3.05, 3.63) is 17.3 Å². The Labute approximate surface area is 124 Å². The topological polar surface area (TPSA) is 61.3 Å². The molecule has 0 unspecified atom stereocenters. The van der Waals surface area contributed by atoms with E-state index in [0.29, 0.717) is 0 Å². The van der Waals surface area contributed by atoms with Crippen molar-refractivity contribution in [2.45, 2.75) is 12.8 Å². The van der Waals surface area contributed by atoms with Crippen molar-refractivity contribution in [2.24, 2.45) is 10.9 Å². The summed E-state index contributed by atoms with van der Waals surface area (Å²) in [7, 11) is 3.65. The van der Waals surface area contributed by atoms with Crippen LogP contribution in [0.1, 0.15) is 23.5 Å². The number of rotatable bonds is 4. The van der Waals surface area contributed by atoms with Crippen molar-refractivity contribution in [3.8, 4) is 0 Å². The number of piperidine rings is 1. The second kappa shape index (κ2) is 6.14. The van der Waals surface area contributed by atoms with Crippen molar-refractivity contribution in [1.82, 2.24) is 20.9 Å². The van der Waals surface area contributed by atoms with Crippen LogP contribution in [0.4, 0.5) is 5.00 Å². The number of thiazole rings is 1. The summed E-state index contributed by atoms with van der Waals surface area (Å²) in [6.07, 6.45) is 4.11. The minimum absolute atomic E-state index is 0.729. The van der Waals surface area contributed by atoms with Crippen LogP contribution in [0.5, 0.6) is 0 Å². The molecule has 0 aliphatic carbocycles. The van der Waals surface area contributed by atoms with Crippen LogP contribution < -0.4 is 16.0 Å². The number of aliphatic imine (C=N–C) groups is 1. The number of fused-ring (bicyclic) bond motifs is 1. The second-order valence-electron chi connectivity index (χ2n) is 5.00. The highest BCUT2D eigenvalue weighted by molar-refractivity contribution is 7.27. The van der Waals surface area contributed by atoms with Gasteiger partial charge in [0.05, 0.1) is 17.5 Å². The Balaban J connectivity index is 1.62. The summed E-state index contributed by atoms with van der Waals surface area (Å²) in [5, 5.41) is 11.6. The van der Waals surface area contributed by atoms with Crippen LogP contribution in [0.15, 0.2) is 11.6 Å². The van der Waals surface area contributed by atoms with Gasteiger partial charge in [0, 0.05) is 6.54 Å². The van der Waals surface area contributed by atoms with Crippen molar-refractivity contribution in [1.29, 1.82) is 0 Å². The highest BCUT2D eigenvalue weighted by Crippen LogP contribution is 2.32. The first-order valence-corrected chi connectivity index (χ1v) is 8.08. The Hall–Kier alpha value is -1.07. The molecule has 0 radical (unpaired) electrons. The molecule has 1 aromatic heterocycles. The van der Waals surface area contributed by atoms with Gasteiger partial charge in [-0.2, -0.15) is 0 Å². The highest BCUT2D eigenvalue weighted by atomic mass is 32.1. The van der Waals surface area contributed by atoms with E-state index < -0.39 is 0 Å². The van der Waals surface area contributed by atoms with Crippen LogP contribution in [0.25, 0.3) is 5.70 Å². The Morgan fingerprint density at radius 2 is 2.30 bits per heavy atom. The van der Waals surface area contributed by atoms with Crippen LogP contribution in [0, 0.1) is 5.92 Å². The second-order valence-corrected chi connectivity index (χ2v) is 6.48. The van der Waals surface area contributed by atoms with Crippen LogP contribution in [-0.4, -0.2) is 36.4 Å². The summed E-state index contributed by atoms with van der Waals surface area (Å²) in [5.41, 5.74) is 2.58. The van der Waals surface area contributed by atoms with Gasteiger partial charge in [-0.3, -0.25) is 5.32 Å². The predicted octanol–water partition coefficient (Wildman–Crippen LogP) is 1.59. The first kappa shape index (κ1) is 13.9. The molecule has 0 aromatic carbocycles. The number of nitrogens with one attached hydrogen (secondary N) is 3. The summed E-state index contributed by atoms with van der Waals surface area (Å²) in [6, 6.07) is 0. The monoisotopic (exact) mass is 307 g/mol. The SMILES string of the molecule is C=C1NC=Nc2sc(C(=P)NCC3CCNCC3)nc21. The quantitative estimate of drug-likeness (QED) is 0.739. The van der Waals surface area contributed by atoms with E-state index in [1.54, 1.807) is 17.7 Å². The molecule has 20 heavy (non-hydrogen) atoms. The van der Waals surface area contributed by atoms with E-state index >= 15 is 0 Å². The molecule has 1 saturated heterocycles. The molecule has 1 fully saturated rings. The highest BCUT2D eigenvalue weighted by Gasteiger charge is 2.18. The van der Waals surface area contributed by atoms with Gasteiger partial charge in [0.1, 0.15) is 15.7 Å². The molecule has 3 rings (SSSR count). The van der Waals surface area contributed by atoms with Gasteiger partial charge < -0.3 is 10.6 Å². The molecule has 0 atom stereocenters. The smallest absolute Gasteiger partial charge is 0.147 e. The molecular weight excluding hydrogens is 289 g/mol. The molecule has 1 aromatic rings. The van der Waals surface area contributed by atoms with Gasteiger partial charge in [0.15, 0.2) is 0 Å².